The summed E-state index contributed by atoms with van der Waals surface area (Å²) in [7, 11) is 0. The predicted octanol–water partition coefficient (Wildman–Crippen LogP) is 3.64. The van der Waals surface area contributed by atoms with E-state index in [0.717, 1.165) is 41.3 Å². The lowest BCUT2D eigenvalue weighted by Crippen LogP contribution is -2.34. The molecule has 1 amide bonds. The number of carbonyl (C=O) groups is 1. The van der Waals surface area contributed by atoms with E-state index >= 15 is 0 Å². The number of aromatic nitrogens is 2. The molecule has 25 heavy (non-hydrogen) atoms. The number of hydrogen-bond donors (Lipinski definition) is 2. The topological polar surface area (TPSA) is 61.0 Å². The van der Waals surface area contributed by atoms with Crippen molar-refractivity contribution in [1.82, 2.24) is 20.4 Å². The number of aryl methyl sites for hydroxylation is 1. The van der Waals surface area contributed by atoms with Crippen molar-refractivity contribution >= 4 is 21.8 Å². The van der Waals surface area contributed by atoms with Crippen LogP contribution < -0.4 is 5.32 Å². The van der Waals surface area contributed by atoms with Crippen LogP contribution >= 0.6 is 15.9 Å². The summed E-state index contributed by atoms with van der Waals surface area (Å²) in [5, 5.41) is 9.87. The van der Waals surface area contributed by atoms with Gasteiger partial charge in [0.2, 0.25) is 0 Å². The Balaban J connectivity index is 1.64. The zero-order valence-corrected chi connectivity index (χ0v) is 16.4. The number of hydrogen-bond acceptors (Lipinski definition) is 3. The van der Waals surface area contributed by atoms with Gasteiger partial charge in [0, 0.05) is 25.3 Å². The van der Waals surface area contributed by atoms with Crippen molar-refractivity contribution in [3.8, 4) is 0 Å². The summed E-state index contributed by atoms with van der Waals surface area (Å²) >= 11 is 3.40. The minimum absolute atomic E-state index is 0.169. The van der Waals surface area contributed by atoms with Gasteiger partial charge in [-0.05, 0) is 59.3 Å². The molecule has 134 valence electrons. The summed E-state index contributed by atoms with van der Waals surface area (Å²) < 4.78 is 0.723. The number of piperidine rings is 1. The van der Waals surface area contributed by atoms with Crippen molar-refractivity contribution in [3.05, 3.63) is 51.3 Å². The second-order valence-electron chi connectivity index (χ2n) is 6.95. The van der Waals surface area contributed by atoms with Crippen molar-refractivity contribution in [1.29, 1.82) is 0 Å². The molecule has 0 spiro atoms. The van der Waals surface area contributed by atoms with Crippen LogP contribution in [0.2, 0.25) is 0 Å². The van der Waals surface area contributed by atoms with Crippen LogP contribution in [0.15, 0.2) is 28.7 Å². The van der Waals surface area contributed by atoms with Gasteiger partial charge in [0.25, 0.3) is 5.91 Å². The molecule has 1 aliphatic rings. The van der Waals surface area contributed by atoms with Crippen LogP contribution in [0.4, 0.5) is 0 Å². The van der Waals surface area contributed by atoms with E-state index in [9.17, 15) is 4.79 Å². The van der Waals surface area contributed by atoms with Gasteiger partial charge < -0.3 is 5.32 Å². The molecule has 0 saturated carbocycles. The van der Waals surface area contributed by atoms with Crippen LogP contribution in [0.1, 0.15) is 47.1 Å². The fourth-order valence-corrected chi connectivity index (χ4v) is 3.74. The van der Waals surface area contributed by atoms with E-state index in [1.165, 1.54) is 18.4 Å². The van der Waals surface area contributed by atoms with Crippen LogP contribution in [0.5, 0.6) is 0 Å². The normalized spacial score (nSPS) is 18.3. The molecule has 1 unspecified atom stereocenters. The van der Waals surface area contributed by atoms with Gasteiger partial charge in [-0.25, -0.2) is 0 Å². The molecule has 2 heterocycles. The second kappa shape index (κ2) is 8.15. The standard InChI is InChI=1S/C19H25BrN4O/c1-13-6-5-9-24(11-13)12-16-8-4-3-7-15(16)10-21-19(25)18-17(20)14(2)22-23-18/h3-4,7-8,13H,5-6,9-12H2,1-2H3,(H,21,25)(H,22,23). The Hall–Kier alpha value is -1.66. The average Bonchev–Trinajstić information content (AvgIpc) is 2.93. The van der Waals surface area contributed by atoms with Gasteiger partial charge in [-0.3, -0.25) is 14.8 Å². The number of H-pyrrole nitrogens is 1. The Bertz CT molecular complexity index is 743. The molecule has 0 radical (unpaired) electrons. The maximum atomic E-state index is 12.4. The van der Waals surface area contributed by atoms with Gasteiger partial charge in [0.05, 0.1) is 4.47 Å². The van der Waals surface area contributed by atoms with E-state index in [1.54, 1.807) is 0 Å². The summed E-state index contributed by atoms with van der Waals surface area (Å²) in [6.45, 7) is 7.97. The number of nitrogens with one attached hydrogen (secondary N) is 2. The van der Waals surface area contributed by atoms with Gasteiger partial charge in [0.15, 0.2) is 5.69 Å². The first-order valence-electron chi connectivity index (χ1n) is 8.82. The van der Waals surface area contributed by atoms with Crippen molar-refractivity contribution in [2.45, 2.75) is 39.8 Å². The van der Waals surface area contributed by atoms with Gasteiger partial charge >= 0.3 is 0 Å². The van der Waals surface area contributed by atoms with E-state index in [1.807, 2.05) is 13.0 Å². The number of halogens is 1. The van der Waals surface area contributed by atoms with Crippen LogP contribution in [0.25, 0.3) is 0 Å². The largest absolute Gasteiger partial charge is 0.347 e. The number of benzene rings is 1. The molecule has 1 fully saturated rings. The highest BCUT2D eigenvalue weighted by atomic mass is 79.9. The minimum Gasteiger partial charge on any atom is -0.347 e. The Kier molecular flexibility index (Phi) is 5.91. The third-order valence-electron chi connectivity index (χ3n) is 4.78. The maximum absolute atomic E-state index is 12.4. The molecular weight excluding hydrogens is 380 g/mol. The fraction of sp³-hybridized carbons (Fsp3) is 0.474. The van der Waals surface area contributed by atoms with Gasteiger partial charge in [0.1, 0.15) is 0 Å². The number of amides is 1. The van der Waals surface area contributed by atoms with Crippen LogP contribution in [-0.2, 0) is 13.1 Å². The molecule has 5 nitrogen and oxygen atoms in total. The van der Waals surface area contributed by atoms with Crippen molar-refractivity contribution in [2.75, 3.05) is 13.1 Å². The molecule has 0 aliphatic carbocycles. The number of carbonyl (C=O) groups excluding carboxylic acids is 1. The molecule has 1 aliphatic heterocycles. The molecule has 2 N–H and O–H groups in total. The minimum atomic E-state index is -0.169. The number of rotatable bonds is 5. The summed E-state index contributed by atoms with van der Waals surface area (Å²) in [6, 6.07) is 8.35. The zero-order chi connectivity index (χ0) is 17.8. The Morgan fingerprint density at radius 3 is 2.84 bits per heavy atom. The number of aromatic amines is 1. The second-order valence-corrected chi connectivity index (χ2v) is 7.74. The third-order valence-corrected chi connectivity index (χ3v) is 5.75. The molecule has 3 rings (SSSR count). The summed E-state index contributed by atoms with van der Waals surface area (Å²) in [5.41, 5.74) is 3.70. The highest BCUT2D eigenvalue weighted by molar-refractivity contribution is 9.10. The highest BCUT2D eigenvalue weighted by Crippen LogP contribution is 2.20. The lowest BCUT2D eigenvalue weighted by Gasteiger charge is -2.31. The smallest absolute Gasteiger partial charge is 0.273 e. The SMILES string of the molecule is Cc1[nH]nc(C(=O)NCc2ccccc2CN2CCCC(C)C2)c1Br. The fourth-order valence-electron chi connectivity index (χ4n) is 3.38. The molecule has 2 aromatic rings. The zero-order valence-electron chi connectivity index (χ0n) is 14.8. The first-order chi connectivity index (χ1) is 12.0. The van der Waals surface area contributed by atoms with Gasteiger partial charge in [-0.2, -0.15) is 5.10 Å². The number of likely N-dealkylation sites (tertiary alicyclic amines) is 1. The summed E-state index contributed by atoms with van der Waals surface area (Å²) in [5.74, 6) is 0.596. The molecule has 6 heteroatoms. The molecule has 1 aromatic heterocycles. The first-order valence-corrected chi connectivity index (χ1v) is 9.61. The van der Waals surface area contributed by atoms with E-state index in [0.29, 0.717) is 12.2 Å². The van der Waals surface area contributed by atoms with E-state index in [-0.39, 0.29) is 5.91 Å². The molecule has 1 saturated heterocycles. The van der Waals surface area contributed by atoms with Crippen molar-refractivity contribution < 1.29 is 4.79 Å². The van der Waals surface area contributed by atoms with E-state index < -0.39 is 0 Å². The maximum Gasteiger partial charge on any atom is 0.273 e. The van der Waals surface area contributed by atoms with Crippen molar-refractivity contribution in [3.63, 3.8) is 0 Å². The van der Waals surface area contributed by atoms with E-state index in [4.69, 9.17) is 0 Å². The number of nitrogens with zero attached hydrogens (tertiary/aromatic N) is 2. The van der Waals surface area contributed by atoms with Crippen LogP contribution in [0, 0.1) is 12.8 Å². The molecule has 1 aromatic carbocycles. The van der Waals surface area contributed by atoms with Gasteiger partial charge in [-0.1, -0.05) is 31.2 Å². The summed E-state index contributed by atoms with van der Waals surface area (Å²) in [4.78, 5) is 14.9. The highest BCUT2D eigenvalue weighted by Gasteiger charge is 2.18. The van der Waals surface area contributed by atoms with Crippen LogP contribution in [-0.4, -0.2) is 34.1 Å². The quantitative estimate of drug-likeness (QED) is 0.799. The summed E-state index contributed by atoms with van der Waals surface area (Å²) in [6.07, 6.45) is 2.60. The first kappa shape index (κ1) is 18.1. The molecular formula is C19H25BrN4O. The third kappa shape index (κ3) is 4.50. The molecule has 1 atom stereocenters. The Morgan fingerprint density at radius 2 is 2.16 bits per heavy atom. The Morgan fingerprint density at radius 1 is 1.40 bits per heavy atom. The lowest BCUT2D eigenvalue weighted by atomic mass is 9.99. The van der Waals surface area contributed by atoms with E-state index in [2.05, 4.69) is 61.5 Å². The average molecular weight is 405 g/mol. The predicted molar refractivity (Wildman–Crippen MR) is 102 cm³/mol. The van der Waals surface area contributed by atoms with Crippen LogP contribution in [0.3, 0.4) is 0 Å². The Labute approximate surface area is 157 Å². The monoisotopic (exact) mass is 404 g/mol. The lowest BCUT2D eigenvalue weighted by molar-refractivity contribution is 0.0945. The van der Waals surface area contributed by atoms with Crippen molar-refractivity contribution in [2.24, 2.45) is 5.92 Å². The van der Waals surface area contributed by atoms with Gasteiger partial charge in [-0.15, -0.1) is 0 Å². The molecule has 0 bridgehead atoms.